The third-order valence-electron chi connectivity index (χ3n) is 2.43. The summed E-state index contributed by atoms with van der Waals surface area (Å²) in [7, 11) is 0. The average molecular weight is 224 g/mol. The Labute approximate surface area is 91.2 Å². The van der Waals surface area contributed by atoms with Gasteiger partial charge in [-0.2, -0.15) is 0 Å². The normalized spacial score (nSPS) is 23.6. The van der Waals surface area contributed by atoms with Gasteiger partial charge in [0.2, 0.25) is 12.0 Å². The average Bonchev–Trinajstić information content (AvgIpc) is 2.27. The van der Waals surface area contributed by atoms with Gasteiger partial charge >= 0.3 is 0 Å². The third-order valence-corrected chi connectivity index (χ3v) is 2.43. The summed E-state index contributed by atoms with van der Waals surface area (Å²) < 4.78 is 26.9. The molecular weight excluding hydrogens is 214 g/mol. The van der Waals surface area contributed by atoms with E-state index in [2.05, 4.69) is 0 Å². The van der Waals surface area contributed by atoms with Crippen molar-refractivity contribution in [1.82, 2.24) is 0 Å². The van der Waals surface area contributed by atoms with E-state index in [4.69, 9.17) is 10.2 Å². The number of halogens is 2. The summed E-state index contributed by atoms with van der Waals surface area (Å²) in [5.41, 5.74) is 0.529. The van der Waals surface area contributed by atoms with E-state index in [-0.39, 0.29) is 5.57 Å². The predicted molar refractivity (Wildman–Crippen MR) is 55.7 cm³/mol. The van der Waals surface area contributed by atoms with Crippen LogP contribution in [0, 0.1) is 0 Å². The summed E-state index contributed by atoms with van der Waals surface area (Å²) in [4.78, 5) is 0. The van der Waals surface area contributed by atoms with Crippen LogP contribution < -0.4 is 0 Å². The Balaban J connectivity index is 2.45. The Morgan fingerprint density at radius 2 is 1.75 bits per heavy atom. The highest BCUT2D eigenvalue weighted by Crippen LogP contribution is 2.34. The van der Waals surface area contributed by atoms with Crippen molar-refractivity contribution < 1.29 is 19.0 Å². The first-order valence-corrected chi connectivity index (χ1v) is 4.75. The molecule has 2 N–H and O–H groups in total. The zero-order valence-corrected chi connectivity index (χ0v) is 8.27. The molecule has 0 bridgehead atoms. The maximum absolute atomic E-state index is 13.6. The van der Waals surface area contributed by atoms with Gasteiger partial charge in [0.1, 0.15) is 5.83 Å². The van der Waals surface area contributed by atoms with E-state index < -0.39 is 17.8 Å². The van der Waals surface area contributed by atoms with Crippen LogP contribution in [0.3, 0.4) is 0 Å². The van der Waals surface area contributed by atoms with Crippen molar-refractivity contribution in [3.63, 3.8) is 0 Å². The van der Waals surface area contributed by atoms with Crippen LogP contribution in [0.25, 0.3) is 5.57 Å². The van der Waals surface area contributed by atoms with Crippen LogP contribution in [0.1, 0.15) is 5.56 Å². The first-order chi connectivity index (χ1) is 7.52. The van der Waals surface area contributed by atoms with E-state index in [0.717, 1.165) is 6.08 Å². The van der Waals surface area contributed by atoms with Gasteiger partial charge < -0.3 is 10.2 Å². The zero-order chi connectivity index (χ0) is 11.8. The maximum atomic E-state index is 13.6. The van der Waals surface area contributed by atoms with Crippen LogP contribution >= 0.6 is 0 Å². The van der Waals surface area contributed by atoms with Crippen LogP contribution in [0.2, 0.25) is 0 Å². The lowest BCUT2D eigenvalue weighted by Crippen LogP contribution is -2.39. The minimum absolute atomic E-state index is 0.0341. The van der Waals surface area contributed by atoms with Crippen LogP contribution in [-0.2, 0) is 0 Å². The molecule has 0 radical (unpaired) electrons. The Bertz CT molecular complexity index is 449. The van der Waals surface area contributed by atoms with Crippen molar-refractivity contribution >= 4 is 5.57 Å². The van der Waals surface area contributed by atoms with Gasteiger partial charge in [0.15, 0.2) is 0 Å². The molecule has 2 nitrogen and oxygen atoms in total. The van der Waals surface area contributed by atoms with E-state index in [9.17, 15) is 8.78 Å². The van der Waals surface area contributed by atoms with E-state index in [1.165, 1.54) is 6.08 Å². The summed E-state index contributed by atoms with van der Waals surface area (Å²) in [5.74, 6) is -3.93. The van der Waals surface area contributed by atoms with Crippen LogP contribution in [0.5, 0.6) is 0 Å². The fourth-order valence-corrected chi connectivity index (χ4v) is 1.54. The smallest absolute Gasteiger partial charge is 0.222 e. The molecule has 16 heavy (non-hydrogen) atoms. The molecule has 0 fully saturated rings. The molecule has 84 valence electrons. The Morgan fingerprint density at radius 1 is 1.12 bits per heavy atom. The molecule has 1 aliphatic rings. The molecule has 0 saturated heterocycles. The van der Waals surface area contributed by atoms with E-state index in [0.29, 0.717) is 5.56 Å². The number of alkyl halides is 1. The van der Waals surface area contributed by atoms with Gasteiger partial charge in [-0.25, -0.2) is 8.78 Å². The minimum Gasteiger partial charge on any atom is -0.360 e. The maximum Gasteiger partial charge on any atom is 0.222 e. The molecule has 0 saturated carbocycles. The second kappa shape index (κ2) is 3.81. The first-order valence-electron chi connectivity index (χ1n) is 4.75. The highest BCUT2D eigenvalue weighted by molar-refractivity contribution is 5.77. The standard InChI is InChI=1S/C12H10F2O2/c13-10-9(8-4-2-1-3-5-8)6-7-12(15,16)11(10)14/h1-7,11,15-16H. The lowest BCUT2D eigenvalue weighted by atomic mass is 9.94. The lowest BCUT2D eigenvalue weighted by Gasteiger charge is -2.25. The van der Waals surface area contributed by atoms with Gasteiger partial charge in [-0.3, -0.25) is 0 Å². The molecule has 1 atom stereocenters. The van der Waals surface area contributed by atoms with Crippen LogP contribution in [-0.4, -0.2) is 22.2 Å². The summed E-state index contributed by atoms with van der Waals surface area (Å²) in [6.07, 6.45) is -0.447. The van der Waals surface area contributed by atoms with Crippen molar-refractivity contribution in [1.29, 1.82) is 0 Å². The van der Waals surface area contributed by atoms with Gasteiger partial charge in [0, 0.05) is 5.57 Å². The molecule has 2 rings (SSSR count). The summed E-state index contributed by atoms with van der Waals surface area (Å²) in [5, 5.41) is 18.2. The number of aliphatic hydroxyl groups is 2. The van der Waals surface area contributed by atoms with Crippen LogP contribution in [0.15, 0.2) is 48.3 Å². The van der Waals surface area contributed by atoms with Gasteiger partial charge in [0.05, 0.1) is 0 Å². The highest BCUT2D eigenvalue weighted by atomic mass is 19.2. The van der Waals surface area contributed by atoms with Crippen molar-refractivity contribution in [3.8, 4) is 0 Å². The second-order valence-electron chi connectivity index (χ2n) is 3.61. The second-order valence-corrected chi connectivity index (χ2v) is 3.61. The molecule has 0 aromatic heterocycles. The largest absolute Gasteiger partial charge is 0.360 e. The fraction of sp³-hybridized carbons (Fsp3) is 0.167. The molecule has 0 amide bonds. The number of rotatable bonds is 1. The van der Waals surface area contributed by atoms with Gasteiger partial charge in [-0.15, -0.1) is 0 Å². The third kappa shape index (κ3) is 1.77. The zero-order valence-electron chi connectivity index (χ0n) is 8.27. The van der Waals surface area contributed by atoms with Gasteiger partial charge in [-0.05, 0) is 11.6 Å². The number of benzene rings is 1. The minimum atomic E-state index is -2.76. The highest BCUT2D eigenvalue weighted by Gasteiger charge is 2.40. The topological polar surface area (TPSA) is 40.5 Å². The lowest BCUT2D eigenvalue weighted by molar-refractivity contribution is -0.160. The quantitative estimate of drug-likeness (QED) is 0.716. The van der Waals surface area contributed by atoms with Gasteiger partial charge in [-0.1, -0.05) is 36.4 Å². The molecule has 0 spiro atoms. The first kappa shape index (κ1) is 11.0. The number of allylic oxidation sites excluding steroid dienone is 2. The van der Waals surface area contributed by atoms with E-state index in [1.807, 2.05) is 0 Å². The molecule has 1 aromatic rings. The summed E-state index contributed by atoms with van der Waals surface area (Å²) in [6.45, 7) is 0. The molecule has 1 unspecified atom stereocenters. The van der Waals surface area contributed by atoms with Crippen molar-refractivity contribution in [2.45, 2.75) is 12.0 Å². The van der Waals surface area contributed by atoms with E-state index >= 15 is 0 Å². The van der Waals surface area contributed by atoms with Crippen molar-refractivity contribution in [3.05, 3.63) is 53.9 Å². The van der Waals surface area contributed by atoms with E-state index in [1.54, 1.807) is 30.3 Å². The Kier molecular flexibility index (Phi) is 2.61. The SMILES string of the molecule is OC1(O)C=CC(c2ccccc2)=C(F)C1F. The van der Waals surface area contributed by atoms with Gasteiger partial charge in [0.25, 0.3) is 0 Å². The number of hydrogen-bond acceptors (Lipinski definition) is 2. The monoisotopic (exact) mass is 224 g/mol. The number of hydrogen-bond donors (Lipinski definition) is 2. The molecule has 1 aromatic carbocycles. The Hall–Kier alpha value is -1.52. The molecule has 0 aliphatic heterocycles. The Morgan fingerprint density at radius 3 is 2.38 bits per heavy atom. The summed E-state index contributed by atoms with van der Waals surface area (Å²) >= 11 is 0. The van der Waals surface area contributed by atoms with Crippen molar-refractivity contribution in [2.24, 2.45) is 0 Å². The summed E-state index contributed by atoms with van der Waals surface area (Å²) in [6, 6.07) is 8.37. The fourth-order valence-electron chi connectivity index (χ4n) is 1.54. The van der Waals surface area contributed by atoms with Crippen molar-refractivity contribution in [2.75, 3.05) is 0 Å². The molecule has 4 heteroatoms. The molecule has 1 aliphatic carbocycles. The molecule has 0 heterocycles. The predicted octanol–water partition coefficient (Wildman–Crippen LogP) is 1.96. The molecular formula is C12H10F2O2. The van der Waals surface area contributed by atoms with Crippen LogP contribution in [0.4, 0.5) is 8.78 Å².